The Morgan fingerprint density at radius 2 is 2.20 bits per heavy atom. The lowest BCUT2D eigenvalue weighted by molar-refractivity contribution is -0.127. The summed E-state index contributed by atoms with van der Waals surface area (Å²) in [5.41, 5.74) is 0. The van der Waals surface area contributed by atoms with Crippen LogP contribution in [0.2, 0.25) is 0 Å². The molecular weight excluding hydrogens is 280 g/mol. The summed E-state index contributed by atoms with van der Waals surface area (Å²) in [5.74, 6) is -0.355. The Morgan fingerprint density at radius 1 is 1.40 bits per heavy atom. The maximum Gasteiger partial charge on any atom is 0.417 e. The first-order chi connectivity index (χ1) is 9.56. The summed E-state index contributed by atoms with van der Waals surface area (Å²) in [7, 11) is 0. The minimum absolute atomic E-state index is 0.0365. The lowest BCUT2D eigenvalue weighted by Crippen LogP contribution is -2.41. The van der Waals surface area contributed by atoms with Crippen molar-refractivity contribution >= 4 is 29.2 Å². The molecular formula is C13H14N2O4S. The number of imide groups is 1. The molecule has 0 N–H and O–H groups in total. The summed E-state index contributed by atoms with van der Waals surface area (Å²) in [6.07, 6.45) is 0.0120. The van der Waals surface area contributed by atoms with E-state index in [0.29, 0.717) is 24.4 Å². The summed E-state index contributed by atoms with van der Waals surface area (Å²) in [6, 6.07) is 3.46. The van der Waals surface area contributed by atoms with Crippen molar-refractivity contribution < 1.29 is 19.1 Å². The molecule has 2 aliphatic rings. The predicted octanol–water partition coefficient (Wildman–Crippen LogP) is 1.25. The monoisotopic (exact) mass is 294 g/mol. The van der Waals surface area contributed by atoms with Crippen molar-refractivity contribution in [2.45, 2.75) is 19.4 Å². The fourth-order valence-electron chi connectivity index (χ4n) is 2.56. The van der Waals surface area contributed by atoms with Crippen molar-refractivity contribution in [3.63, 3.8) is 0 Å². The third-order valence-electron chi connectivity index (χ3n) is 3.55. The van der Waals surface area contributed by atoms with Gasteiger partial charge in [-0.3, -0.25) is 9.59 Å². The molecule has 2 fully saturated rings. The number of likely N-dealkylation sites (tertiary alicyclic amines) is 1. The number of carbonyl (C=O) groups is 3. The summed E-state index contributed by atoms with van der Waals surface area (Å²) in [5, 5.41) is 0. The molecule has 6 nitrogen and oxygen atoms in total. The van der Waals surface area contributed by atoms with Crippen LogP contribution in [0.5, 0.6) is 0 Å². The van der Waals surface area contributed by atoms with Gasteiger partial charge < -0.3 is 9.64 Å². The van der Waals surface area contributed by atoms with Crippen LogP contribution in [0.3, 0.4) is 0 Å². The lowest BCUT2D eigenvalue weighted by atomic mass is 10.2. The minimum Gasteiger partial charge on any atom is -0.439 e. The van der Waals surface area contributed by atoms with E-state index in [9.17, 15) is 14.4 Å². The van der Waals surface area contributed by atoms with Gasteiger partial charge in [0.05, 0.1) is 10.9 Å². The van der Waals surface area contributed by atoms with Gasteiger partial charge in [-0.15, -0.1) is 11.3 Å². The lowest BCUT2D eigenvalue weighted by Gasteiger charge is -2.20. The molecule has 0 saturated carbocycles. The van der Waals surface area contributed by atoms with E-state index in [1.165, 1.54) is 11.3 Å². The zero-order valence-corrected chi connectivity index (χ0v) is 11.8. The first-order valence-electron chi connectivity index (χ1n) is 6.41. The largest absolute Gasteiger partial charge is 0.439 e. The van der Waals surface area contributed by atoms with E-state index < -0.39 is 6.09 Å². The van der Waals surface area contributed by atoms with Gasteiger partial charge in [0.25, 0.3) is 11.8 Å². The minimum atomic E-state index is -0.596. The molecule has 20 heavy (non-hydrogen) atoms. The van der Waals surface area contributed by atoms with Crippen molar-refractivity contribution in [2.24, 2.45) is 0 Å². The second kappa shape index (κ2) is 4.90. The number of amides is 3. The quantitative estimate of drug-likeness (QED) is 0.823. The van der Waals surface area contributed by atoms with E-state index in [0.717, 1.165) is 9.78 Å². The third kappa shape index (κ3) is 2.18. The van der Waals surface area contributed by atoms with Crippen molar-refractivity contribution in [3.8, 4) is 0 Å². The van der Waals surface area contributed by atoms with Gasteiger partial charge in [-0.2, -0.15) is 0 Å². The zero-order chi connectivity index (χ0) is 14.3. The molecule has 0 bridgehead atoms. The summed E-state index contributed by atoms with van der Waals surface area (Å²) in [6.45, 7) is 2.70. The second-order valence-electron chi connectivity index (χ2n) is 4.92. The van der Waals surface area contributed by atoms with E-state index in [4.69, 9.17) is 4.74 Å². The first kappa shape index (κ1) is 13.1. The molecule has 1 aromatic rings. The van der Waals surface area contributed by atoms with E-state index in [1.807, 2.05) is 19.1 Å². The van der Waals surface area contributed by atoms with Crippen LogP contribution >= 0.6 is 11.3 Å². The number of nitrogens with zero attached hydrogens (tertiary/aromatic N) is 2. The normalized spacial score (nSPS) is 22.6. The fraction of sp³-hybridized carbons (Fsp3) is 0.462. The van der Waals surface area contributed by atoms with E-state index in [-0.39, 0.29) is 24.5 Å². The molecule has 1 aromatic heterocycles. The summed E-state index contributed by atoms with van der Waals surface area (Å²) in [4.78, 5) is 40.0. The molecule has 0 unspecified atom stereocenters. The van der Waals surface area contributed by atoms with Crippen LogP contribution in [0.25, 0.3) is 0 Å². The molecule has 2 saturated heterocycles. The van der Waals surface area contributed by atoms with Gasteiger partial charge in [0.15, 0.2) is 6.61 Å². The van der Waals surface area contributed by atoms with E-state index in [1.54, 1.807) is 4.90 Å². The molecule has 0 aromatic carbocycles. The Labute approximate surface area is 119 Å². The summed E-state index contributed by atoms with van der Waals surface area (Å²) < 4.78 is 4.71. The van der Waals surface area contributed by atoms with Gasteiger partial charge in [0.1, 0.15) is 0 Å². The van der Waals surface area contributed by atoms with Crippen LogP contribution in [0.1, 0.15) is 21.0 Å². The number of cyclic esters (lactones) is 1. The smallest absolute Gasteiger partial charge is 0.417 e. The number of rotatable bonds is 2. The maximum absolute atomic E-state index is 12.3. The number of hydrogen-bond donors (Lipinski definition) is 0. The van der Waals surface area contributed by atoms with Crippen LogP contribution < -0.4 is 0 Å². The van der Waals surface area contributed by atoms with Gasteiger partial charge in [-0.25, -0.2) is 9.69 Å². The average molecular weight is 294 g/mol. The highest BCUT2D eigenvalue weighted by Crippen LogP contribution is 2.24. The number of thiophene rings is 1. The van der Waals surface area contributed by atoms with E-state index in [2.05, 4.69) is 0 Å². The second-order valence-corrected chi connectivity index (χ2v) is 6.21. The Kier molecular flexibility index (Phi) is 3.21. The van der Waals surface area contributed by atoms with E-state index >= 15 is 0 Å². The summed E-state index contributed by atoms with van der Waals surface area (Å²) >= 11 is 1.45. The van der Waals surface area contributed by atoms with Gasteiger partial charge in [-0.05, 0) is 25.5 Å². The van der Waals surface area contributed by atoms with Crippen LogP contribution in [0, 0.1) is 6.92 Å². The average Bonchev–Trinajstić information content (AvgIpc) is 3.10. The number of ether oxygens (including phenoxy) is 1. The SMILES string of the molecule is Cc1ccc(C(=O)N2CC[C@H](N3C(=O)COC3=O)C2)s1. The molecule has 106 valence electrons. The Balaban J connectivity index is 1.69. The van der Waals surface area contributed by atoms with Gasteiger partial charge in [0, 0.05) is 18.0 Å². The molecule has 7 heteroatoms. The van der Waals surface area contributed by atoms with Crippen molar-refractivity contribution in [1.82, 2.24) is 9.80 Å². The highest BCUT2D eigenvalue weighted by Gasteiger charge is 2.41. The molecule has 2 aliphatic heterocycles. The van der Waals surface area contributed by atoms with Crippen LogP contribution in [0.4, 0.5) is 4.79 Å². The zero-order valence-electron chi connectivity index (χ0n) is 11.0. The molecule has 3 rings (SSSR count). The van der Waals surface area contributed by atoms with Crippen LogP contribution in [0.15, 0.2) is 12.1 Å². The topological polar surface area (TPSA) is 66.9 Å². The highest BCUT2D eigenvalue weighted by atomic mass is 32.1. The standard InChI is InChI=1S/C13H14N2O4S/c1-8-2-3-10(20-8)12(17)14-5-4-9(6-14)15-11(16)7-19-13(15)18/h2-3,9H,4-7H2,1H3/t9-/m0/s1. The molecule has 0 spiro atoms. The number of hydrogen-bond acceptors (Lipinski definition) is 5. The molecule has 3 heterocycles. The number of aryl methyl sites for hydroxylation is 1. The van der Waals surface area contributed by atoms with Gasteiger partial charge >= 0.3 is 6.09 Å². The highest BCUT2D eigenvalue weighted by molar-refractivity contribution is 7.13. The first-order valence-corrected chi connectivity index (χ1v) is 7.22. The molecule has 1 atom stereocenters. The van der Waals surface area contributed by atoms with Gasteiger partial charge in [0.2, 0.25) is 0 Å². The third-order valence-corrected chi connectivity index (χ3v) is 4.54. The Morgan fingerprint density at radius 3 is 2.80 bits per heavy atom. The molecule has 3 amide bonds. The van der Waals surface area contributed by atoms with Crippen molar-refractivity contribution in [3.05, 3.63) is 21.9 Å². The van der Waals surface area contributed by atoms with Crippen LogP contribution in [-0.2, 0) is 9.53 Å². The Hall–Kier alpha value is -1.89. The molecule has 0 aliphatic carbocycles. The number of carbonyl (C=O) groups excluding carboxylic acids is 3. The Bertz CT molecular complexity index is 567. The van der Waals surface area contributed by atoms with Gasteiger partial charge in [-0.1, -0.05) is 0 Å². The fourth-order valence-corrected chi connectivity index (χ4v) is 3.39. The predicted molar refractivity (Wildman–Crippen MR) is 71.6 cm³/mol. The maximum atomic E-state index is 12.3. The van der Waals surface area contributed by atoms with Crippen molar-refractivity contribution in [1.29, 1.82) is 0 Å². The molecule has 0 radical (unpaired) electrons. The van der Waals surface area contributed by atoms with Crippen molar-refractivity contribution in [2.75, 3.05) is 19.7 Å². The van der Waals surface area contributed by atoms with Crippen LogP contribution in [-0.4, -0.2) is 53.4 Å².